The van der Waals surface area contributed by atoms with Crippen LogP contribution >= 0.6 is 11.6 Å². The molecule has 0 spiro atoms. The lowest BCUT2D eigenvalue weighted by Gasteiger charge is -2.33. The SMILES string of the molecule is O=C(CN1CCN(C(=O)/C=C/C2=Cc3cc(Cl)ccc3OC2)CC1)NCc1ccccc1. The van der Waals surface area contributed by atoms with Gasteiger partial charge in [-0.1, -0.05) is 48.0 Å². The molecule has 0 saturated carbocycles. The van der Waals surface area contributed by atoms with Gasteiger partial charge in [-0.3, -0.25) is 14.5 Å². The van der Waals surface area contributed by atoms with Crippen LogP contribution in [0.15, 0.2) is 66.3 Å². The van der Waals surface area contributed by atoms with Gasteiger partial charge in [-0.2, -0.15) is 0 Å². The number of ether oxygens (including phenoxy) is 1. The Morgan fingerprint density at radius 3 is 2.62 bits per heavy atom. The Balaban J connectivity index is 1.22. The lowest BCUT2D eigenvalue weighted by molar-refractivity contribution is -0.128. The largest absolute Gasteiger partial charge is 0.488 e. The Kier molecular flexibility index (Phi) is 7.24. The van der Waals surface area contributed by atoms with Crippen molar-refractivity contribution in [3.05, 3.63) is 82.4 Å². The van der Waals surface area contributed by atoms with Gasteiger partial charge in [-0.15, -0.1) is 0 Å². The number of fused-ring (bicyclic) bond motifs is 1. The number of carbonyl (C=O) groups excluding carboxylic acids is 2. The second-order valence-electron chi connectivity index (χ2n) is 7.89. The van der Waals surface area contributed by atoms with E-state index in [1.165, 1.54) is 0 Å². The summed E-state index contributed by atoms with van der Waals surface area (Å²) in [4.78, 5) is 28.7. The highest BCUT2D eigenvalue weighted by atomic mass is 35.5. The molecule has 1 saturated heterocycles. The van der Waals surface area contributed by atoms with E-state index in [1.807, 2.05) is 53.4 Å². The third kappa shape index (κ3) is 5.99. The van der Waals surface area contributed by atoms with Crippen molar-refractivity contribution in [3.63, 3.8) is 0 Å². The lowest BCUT2D eigenvalue weighted by Crippen LogP contribution is -2.50. The second-order valence-corrected chi connectivity index (χ2v) is 8.32. The topological polar surface area (TPSA) is 61.9 Å². The smallest absolute Gasteiger partial charge is 0.246 e. The van der Waals surface area contributed by atoms with Gasteiger partial charge in [0.1, 0.15) is 12.4 Å². The molecule has 0 radical (unpaired) electrons. The summed E-state index contributed by atoms with van der Waals surface area (Å²) in [7, 11) is 0. The van der Waals surface area contributed by atoms with Crippen LogP contribution in [0.25, 0.3) is 6.08 Å². The highest BCUT2D eigenvalue weighted by Gasteiger charge is 2.21. The highest BCUT2D eigenvalue weighted by molar-refractivity contribution is 6.30. The number of rotatable bonds is 6. The molecule has 166 valence electrons. The normalized spacial score (nSPS) is 16.3. The Morgan fingerprint density at radius 2 is 1.84 bits per heavy atom. The van der Waals surface area contributed by atoms with Crippen molar-refractivity contribution < 1.29 is 14.3 Å². The maximum Gasteiger partial charge on any atom is 0.246 e. The summed E-state index contributed by atoms with van der Waals surface area (Å²) in [5.41, 5.74) is 2.91. The summed E-state index contributed by atoms with van der Waals surface area (Å²) in [6, 6.07) is 15.3. The molecule has 2 aliphatic heterocycles. The van der Waals surface area contributed by atoms with E-state index in [-0.39, 0.29) is 11.8 Å². The molecule has 1 N–H and O–H groups in total. The van der Waals surface area contributed by atoms with Crippen LogP contribution in [-0.2, 0) is 16.1 Å². The zero-order valence-corrected chi connectivity index (χ0v) is 18.6. The number of nitrogens with one attached hydrogen (secondary N) is 1. The van der Waals surface area contributed by atoms with Gasteiger partial charge in [-0.05, 0) is 35.4 Å². The number of nitrogens with zero attached hydrogens (tertiary/aromatic N) is 2. The highest BCUT2D eigenvalue weighted by Crippen LogP contribution is 2.29. The zero-order chi connectivity index (χ0) is 22.3. The monoisotopic (exact) mass is 451 g/mol. The molecular weight excluding hydrogens is 426 g/mol. The Bertz CT molecular complexity index is 1030. The number of piperazine rings is 1. The summed E-state index contributed by atoms with van der Waals surface area (Å²) in [5, 5.41) is 3.60. The predicted molar refractivity (Wildman–Crippen MR) is 125 cm³/mol. The number of hydrogen-bond acceptors (Lipinski definition) is 4. The first-order valence-corrected chi connectivity index (χ1v) is 11.1. The van der Waals surface area contributed by atoms with E-state index in [0.29, 0.717) is 50.9 Å². The van der Waals surface area contributed by atoms with Gasteiger partial charge >= 0.3 is 0 Å². The summed E-state index contributed by atoms with van der Waals surface area (Å²) in [6.45, 7) is 3.85. The van der Waals surface area contributed by atoms with Gasteiger partial charge in [-0.25, -0.2) is 0 Å². The molecule has 2 aromatic rings. The second kappa shape index (κ2) is 10.5. The summed E-state index contributed by atoms with van der Waals surface area (Å²) in [6.07, 6.45) is 5.38. The molecule has 4 rings (SSSR count). The molecule has 1 fully saturated rings. The summed E-state index contributed by atoms with van der Waals surface area (Å²) in [5.74, 6) is 0.760. The Morgan fingerprint density at radius 1 is 1.06 bits per heavy atom. The van der Waals surface area contributed by atoms with E-state index in [0.717, 1.165) is 22.4 Å². The van der Waals surface area contributed by atoms with Crippen LogP contribution in [0.1, 0.15) is 11.1 Å². The molecule has 2 amide bonds. The van der Waals surface area contributed by atoms with Crippen LogP contribution in [0.3, 0.4) is 0 Å². The molecule has 0 aliphatic carbocycles. The first-order valence-electron chi connectivity index (χ1n) is 10.7. The van der Waals surface area contributed by atoms with Crippen molar-refractivity contribution in [2.45, 2.75) is 6.54 Å². The molecule has 2 aliphatic rings. The number of amides is 2. The molecular formula is C25H26ClN3O3. The zero-order valence-electron chi connectivity index (χ0n) is 17.8. The van der Waals surface area contributed by atoms with Crippen molar-refractivity contribution in [2.75, 3.05) is 39.3 Å². The molecule has 0 bridgehead atoms. The van der Waals surface area contributed by atoms with Crippen molar-refractivity contribution >= 4 is 29.5 Å². The fourth-order valence-corrected chi connectivity index (χ4v) is 3.91. The van der Waals surface area contributed by atoms with Gasteiger partial charge < -0.3 is 15.0 Å². The van der Waals surface area contributed by atoms with Crippen molar-refractivity contribution in [3.8, 4) is 5.75 Å². The van der Waals surface area contributed by atoms with Crippen LogP contribution < -0.4 is 10.1 Å². The van der Waals surface area contributed by atoms with Gasteiger partial charge in [0.05, 0.1) is 6.54 Å². The first kappa shape index (κ1) is 22.1. The summed E-state index contributed by atoms with van der Waals surface area (Å²) < 4.78 is 5.72. The Hall–Kier alpha value is -3.09. The molecule has 6 nitrogen and oxygen atoms in total. The minimum absolute atomic E-state index is 0.00172. The molecule has 0 atom stereocenters. The fourth-order valence-electron chi connectivity index (χ4n) is 3.73. The van der Waals surface area contributed by atoms with Crippen LogP contribution in [0.5, 0.6) is 5.75 Å². The molecule has 2 aromatic carbocycles. The van der Waals surface area contributed by atoms with Gasteiger partial charge in [0.15, 0.2) is 0 Å². The lowest BCUT2D eigenvalue weighted by atomic mass is 10.1. The third-order valence-electron chi connectivity index (χ3n) is 5.53. The minimum atomic E-state index is -0.0315. The van der Waals surface area contributed by atoms with E-state index in [2.05, 4.69) is 10.2 Å². The van der Waals surface area contributed by atoms with Crippen LogP contribution in [-0.4, -0.2) is 60.9 Å². The summed E-state index contributed by atoms with van der Waals surface area (Å²) >= 11 is 6.05. The average molecular weight is 452 g/mol. The third-order valence-corrected chi connectivity index (χ3v) is 5.77. The van der Waals surface area contributed by atoms with E-state index < -0.39 is 0 Å². The van der Waals surface area contributed by atoms with Gasteiger partial charge in [0.2, 0.25) is 11.8 Å². The number of benzene rings is 2. The first-order chi connectivity index (χ1) is 15.6. The van der Waals surface area contributed by atoms with Crippen LogP contribution in [0.4, 0.5) is 0 Å². The van der Waals surface area contributed by atoms with Gasteiger partial charge in [0, 0.05) is 49.4 Å². The van der Waals surface area contributed by atoms with E-state index in [4.69, 9.17) is 16.3 Å². The molecule has 0 unspecified atom stereocenters. The van der Waals surface area contributed by atoms with E-state index >= 15 is 0 Å². The van der Waals surface area contributed by atoms with Crippen LogP contribution in [0, 0.1) is 0 Å². The van der Waals surface area contributed by atoms with Crippen molar-refractivity contribution in [1.82, 2.24) is 15.1 Å². The van der Waals surface area contributed by atoms with Crippen molar-refractivity contribution in [1.29, 1.82) is 0 Å². The number of carbonyl (C=O) groups is 2. The van der Waals surface area contributed by atoms with Gasteiger partial charge in [0.25, 0.3) is 0 Å². The number of halogens is 1. The van der Waals surface area contributed by atoms with E-state index in [9.17, 15) is 9.59 Å². The predicted octanol–water partition coefficient (Wildman–Crippen LogP) is 3.13. The fraction of sp³-hybridized carbons (Fsp3) is 0.280. The average Bonchev–Trinajstić information content (AvgIpc) is 2.82. The molecule has 32 heavy (non-hydrogen) atoms. The van der Waals surface area contributed by atoms with E-state index in [1.54, 1.807) is 18.2 Å². The molecule has 0 aromatic heterocycles. The minimum Gasteiger partial charge on any atom is -0.488 e. The maximum absolute atomic E-state index is 12.6. The molecule has 7 heteroatoms. The van der Waals surface area contributed by atoms with Crippen molar-refractivity contribution in [2.24, 2.45) is 0 Å². The number of hydrogen-bond donors (Lipinski definition) is 1. The van der Waals surface area contributed by atoms with Crippen LogP contribution in [0.2, 0.25) is 5.02 Å². The standard InChI is InChI=1S/C25H26ClN3O3/c26-22-7-8-23-21(15-22)14-20(18-32-23)6-9-25(31)29-12-10-28(11-13-29)17-24(30)27-16-19-4-2-1-3-5-19/h1-9,14-15H,10-13,16-18H2,(H,27,30)/b9-6+. The quantitative estimate of drug-likeness (QED) is 0.685. The maximum atomic E-state index is 12.6. The Labute approximate surface area is 193 Å². The molecule has 2 heterocycles.